The summed E-state index contributed by atoms with van der Waals surface area (Å²) in [5, 5.41) is 21.3. The van der Waals surface area contributed by atoms with E-state index in [0.717, 1.165) is 10.8 Å². The molecule has 0 saturated heterocycles. The number of fused-ring (bicyclic) bond motifs is 4. The predicted molar refractivity (Wildman–Crippen MR) is 142 cm³/mol. The van der Waals surface area contributed by atoms with E-state index in [9.17, 15) is 35.8 Å². The number of nitrogens with zero attached hydrogens (tertiary/aromatic N) is 2. The van der Waals surface area contributed by atoms with Crippen LogP contribution in [0.25, 0.3) is 32.6 Å². The van der Waals surface area contributed by atoms with Crippen molar-refractivity contribution >= 4 is 55.3 Å². The number of pyridine rings is 2. The maximum atomic E-state index is 12.2. The Morgan fingerprint density at radius 2 is 1.25 bits per heavy atom. The SMILES string of the molecule is O=S([O-])Oc1ccnc2c1ccc1c(OS(=O)[O-])ccnc12.OC(CC(O)C(F)(F)F)c1ccc2ccccc2c1.[Eu].[Na+].[Na+]. The number of rotatable bonds is 7. The Hall–Kier alpha value is -0.146. The number of aliphatic hydroxyl groups is 2. The fourth-order valence-electron chi connectivity index (χ4n) is 3.97. The van der Waals surface area contributed by atoms with Gasteiger partial charge in [0.2, 0.25) is 0 Å². The summed E-state index contributed by atoms with van der Waals surface area (Å²) in [6, 6.07) is 18.2. The van der Waals surface area contributed by atoms with Crippen molar-refractivity contribution in [3.8, 4) is 11.5 Å². The number of hydrogen-bond acceptors (Lipinski definition) is 10. The first-order valence-corrected chi connectivity index (χ1v) is 13.6. The first-order valence-electron chi connectivity index (χ1n) is 11.6. The van der Waals surface area contributed by atoms with Crippen LogP contribution in [0.5, 0.6) is 11.5 Å². The summed E-state index contributed by atoms with van der Waals surface area (Å²) < 4.78 is 88.9. The van der Waals surface area contributed by atoms with E-state index in [4.69, 9.17) is 13.5 Å². The molecule has 0 aliphatic carbocycles. The van der Waals surface area contributed by atoms with Gasteiger partial charge in [-0.1, -0.05) is 36.4 Å². The first-order chi connectivity index (χ1) is 19.4. The van der Waals surface area contributed by atoms with Crippen LogP contribution in [0.1, 0.15) is 18.1 Å². The maximum Gasteiger partial charge on any atom is 1.00 e. The zero-order valence-corrected chi connectivity index (χ0v) is 31.0. The van der Waals surface area contributed by atoms with Crippen LogP contribution >= 0.6 is 0 Å². The van der Waals surface area contributed by atoms with Gasteiger partial charge >= 0.3 is 65.3 Å². The van der Waals surface area contributed by atoms with Crippen LogP contribution in [-0.2, 0) is 22.7 Å². The predicted octanol–water partition coefficient (Wildman–Crippen LogP) is -1.68. The Kier molecular flexibility index (Phi) is 18.1. The van der Waals surface area contributed by atoms with E-state index < -0.39 is 47.5 Å². The van der Waals surface area contributed by atoms with Gasteiger partial charge in [0.1, 0.15) is 45.3 Å². The first kappa shape index (κ1) is 41.9. The van der Waals surface area contributed by atoms with Crippen LogP contribution in [0.15, 0.2) is 79.1 Å². The molecule has 1 radical (unpaired) electrons. The van der Waals surface area contributed by atoms with Crippen molar-refractivity contribution in [2.24, 2.45) is 0 Å². The number of hydrogen-bond donors (Lipinski definition) is 2. The van der Waals surface area contributed by atoms with E-state index in [0.29, 0.717) is 27.4 Å². The Balaban J connectivity index is 0.000000416. The Morgan fingerprint density at radius 1 is 0.773 bits per heavy atom. The molecule has 2 N–H and O–H groups in total. The van der Waals surface area contributed by atoms with Gasteiger partial charge < -0.3 is 27.7 Å². The summed E-state index contributed by atoms with van der Waals surface area (Å²) in [6.07, 6.45) is -6.61. The van der Waals surface area contributed by atoms with Gasteiger partial charge in [0.25, 0.3) is 0 Å². The molecule has 223 valence electrons. The van der Waals surface area contributed by atoms with Crippen molar-refractivity contribution < 1.29 is 158 Å². The molecule has 2 heterocycles. The molecule has 44 heavy (non-hydrogen) atoms. The Bertz CT molecular complexity index is 1680. The standard InChI is InChI=1S/C14H13F3O2.C12H8N2O6S2.Eu.2Na/c15-14(16,17)13(19)8-12(18)11-6-5-9-3-1-2-4-10(9)7-11;15-21(16)19-9-3-5-13-11-7(9)1-2-8-10(20-22(17)18)4-6-14-12(8)11;;;/h1-7,12-13,18-19H,8H2;1-6H,(H,15,16)(H,17,18);;;/q;;;2*+1/p-2. The largest absolute Gasteiger partial charge is 1.00 e. The molecule has 5 rings (SSSR count). The molecule has 10 nitrogen and oxygen atoms in total. The second kappa shape index (κ2) is 19.0. The van der Waals surface area contributed by atoms with Crippen molar-refractivity contribution in [2.45, 2.75) is 24.8 Å². The van der Waals surface area contributed by atoms with Crippen LogP contribution in [0.4, 0.5) is 13.2 Å². The zero-order valence-electron chi connectivity index (χ0n) is 22.9. The fourth-order valence-corrected chi connectivity index (χ4v) is 4.55. The van der Waals surface area contributed by atoms with Crippen molar-refractivity contribution in [2.75, 3.05) is 0 Å². The third-order valence-corrected chi connectivity index (χ3v) is 6.47. The normalized spacial score (nSPS) is 13.6. The van der Waals surface area contributed by atoms with Crippen molar-refractivity contribution in [3.63, 3.8) is 0 Å². The summed E-state index contributed by atoms with van der Waals surface area (Å²) >= 11 is -5.45. The van der Waals surface area contributed by atoms with E-state index in [1.165, 1.54) is 24.5 Å². The summed E-state index contributed by atoms with van der Waals surface area (Å²) in [7, 11) is 0. The molecule has 0 spiro atoms. The molecule has 0 aliphatic rings. The minimum Gasteiger partial charge on any atom is -0.740 e. The molecule has 0 bridgehead atoms. The number of alkyl halides is 3. The molecular weight excluding hydrogens is 787 g/mol. The fraction of sp³-hybridized carbons (Fsp3) is 0.154. The van der Waals surface area contributed by atoms with E-state index >= 15 is 0 Å². The topological polar surface area (TPSA) is 165 Å². The van der Waals surface area contributed by atoms with Crippen LogP contribution in [0, 0.1) is 49.4 Å². The van der Waals surface area contributed by atoms with Crippen molar-refractivity contribution in [3.05, 3.63) is 84.7 Å². The van der Waals surface area contributed by atoms with E-state index in [1.54, 1.807) is 30.3 Å². The van der Waals surface area contributed by atoms with E-state index in [2.05, 4.69) is 9.97 Å². The van der Waals surface area contributed by atoms with E-state index in [1.807, 2.05) is 24.3 Å². The van der Waals surface area contributed by atoms with Gasteiger partial charge in [-0.3, -0.25) is 9.97 Å². The Morgan fingerprint density at radius 3 is 1.70 bits per heavy atom. The molecule has 2 aromatic heterocycles. The van der Waals surface area contributed by atoms with E-state index in [-0.39, 0.29) is 120 Å². The molecule has 0 fully saturated rings. The number of aromatic nitrogens is 2. The molecule has 0 aliphatic heterocycles. The molecule has 4 unspecified atom stereocenters. The molecule has 0 amide bonds. The smallest absolute Gasteiger partial charge is 0.740 e. The average molecular weight is 807 g/mol. The van der Waals surface area contributed by atoms with Crippen LogP contribution in [0.3, 0.4) is 0 Å². The number of aliphatic hydroxyl groups excluding tert-OH is 2. The number of benzene rings is 3. The monoisotopic (exact) mass is 807 g/mol. The van der Waals surface area contributed by atoms with Gasteiger partial charge in [-0.05, 0) is 34.5 Å². The quantitative estimate of drug-likeness (QED) is 0.110. The minimum absolute atomic E-state index is 0. The number of halogens is 3. The van der Waals surface area contributed by atoms with Crippen molar-refractivity contribution in [1.82, 2.24) is 9.97 Å². The molecule has 0 saturated carbocycles. The molecule has 4 atom stereocenters. The zero-order chi connectivity index (χ0) is 29.7. The summed E-state index contributed by atoms with van der Waals surface area (Å²) in [4.78, 5) is 8.29. The molecular formula is C26H19EuF3N2Na2O8S2. The maximum absolute atomic E-state index is 12.2. The molecule has 18 heteroatoms. The van der Waals surface area contributed by atoms with Gasteiger partial charge in [-0.2, -0.15) is 13.2 Å². The van der Waals surface area contributed by atoms with Gasteiger partial charge in [0.15, 0.2) is 6.10 Å². The summed E-state index contributed by atoms with van der Waals surface area (Å²) in [6.45, 7) is 0. The van der Waals surface area contributed by atoms with Gasteiger partial charge in [-0.15, -0.1) is 0 Å². The average Bonchev–Trinajstić information content (AvgIpc) is 2.92. The van der Waals surface area contributed by atoms with Gasteiger partial charge in [-0.25, -0.2) is 8.42 Å². The second-order valence-corrected chi connectivity index (χ2v) is 9.62. The molecule has 3 aromatic carbocycles. The van der Waals surface area contributed by atoms with Gasteiger partial charge in [0.05, 0.1) is 6.10 Å². The third kappa shape index (κ3) is 11.2. The second-order valence-electron chi connectivity index (χ2n) is 8.47. The van der Waals surface area contributed by atoms with Crippen LogP contribution in [-0.4, -0.2) is 50.0 Å². The summed E-state index contributed by atoms with van der Waals surface area (Å²) in [5.74, 6) is 0.196. The minimum atomic E-state index is -4.71. The van der Waals surface area contributed by atoms with Gasteiger partial charge in [0, 0.05) is 91.1 Å². The summed E-state index contributed by atoms with van der Waals surface area (Å²) in [5.41, 5.74) is 1.09. The Labute approximate surface area is 339 Å². The van der Waals surface area contributed by atoms with Crippen LogP contribution in [0.2, 0.25) is 0 Å². The third-order valence-electron chi connectivity index (χ3n) is 5.84. The van der Waals surface area contributed by atoms with Crippen molar-refractivity contribution in [1.29, 1.82) is 0 Å². The van der Waals surface area contributed by atoms with Crippen LogP contribution < -0.4 is 67.5 Å². The molecule has 5 aromatic rings.